The Morgan fingerprint density at radius 2 is 1.96 bits per heavy atom. The molecule has 0 unspecified atom stereocenters. The highest BCUT2D eigenvalue weighted by Crippen LogP contribution is 2.28. The Morgan fingerprint density at radius 3 is 2.70 bits per heavy atom. The summed E-state index contributed by atoms with van der Waals surface area (Å²) in [7, 11) is -1.31. The Kier molecular flexibility index (Phi) is 3.85. The largest absolute Gasteiger partial charge is 0.344 e. The lowest BCUT2D eigenvalue weighted by atomic mass is 10.1. The molecular formula is C17H19N3O2S. The first kappa shape index (κ1) is 15.6. The van der Waals surface area contributed by atoms with Crippen LogP contribution in [0.15, 0.2) is 42.7 Å². The fourth-order valence-corrected chi connectivity index (χ4v) is 3.22. The lowest BCUT2D eigenvalue weighted by Gasteiger charge is -2.08. The summed E-state index contributed by atoms with van der Waals surface area (Å²) < 4.78 is 28.1. The normalized spacial score (nSPS) is 11.8. The van der Waals surface area contributed by atoms with Gasteiger partial charge in [-0.3, -0.25) is 9.71 Å². The molecule has 0 radical (unpaired) electrons. The topological polar surface area (TPSA) is 64.0 Å². The van der Waals surface area contributed by atoms with Crippen LogP contribution >= 0.6 is 0 Å². The van der Waals surface area contributed by atoms with E-state index < -0.39 is 10.0 Å². The van der Waals surface area contributed by atoms with Gasteiger partial charge in [-0.05, 0) is 37.6 Å². The van der Waals surface area contributed by atoms with Gasteiger partial charge in [-0.1, -0.05) is 12.1 Å². The number of rotatable bonds is 4. The van der Waals surface area contributed by atoms with E-state index in [0.717, 1.165) is 22.2 Å². The number of hydrogen-bond donors (Lipinski definition) is 1. The number of nitrogens with zero attached hydrogens (tertiary/aromatic N) is 2. The second-order valence-corrected chi connectivity index (χ2v) is 7.63. The predicted molar refractivity (Wildman–Crippen MR) is 94.0 cm³/mol. The second-order valence-electron chi connectivity index (χ2n) is 5.62. The number of sulfonamides is 1. The first-order valence-electron chi connectivity index (χ1n) is 7.41. The lowest BCUT2D eigenvalue weighted by Crippen LogP contribution is -2.14. The summed E-state index contributed by atoms with van der Waals surface area (Å²) in [6, 6.07) is 10.2. The minimum absolute atomic E-state index is 0.0323. The Morgan fingerprint density at radius 1 is 1.17 bits per heavy atom. The van der Waals surface area contributed by atoms with E-state index in [0.29, 0.717) is 5.69 Å². The van der Waals surface area contributed by atoms with Crippen LogP contribution in [0, 0.1) is 6.92 Å². The molecule has 0 aliphatic carbocycles. The zero-order chi connectivity index (χ0) is 16.6. The predicted octanol–water partition coefficient (Wildman–Crippen LogP) is 3.31. The smallest absolute Gasteiger partial charge is 0.232 e. The molecule has 0 amide bonds. The van der Waals surface area contributed by atoms with Gasteiger partial charge in [-0.25, -0.2) is 8.42 Å². The van der Waals surface area contributed by atoms with E-state index in [9.17, 15) is 8.42 Å². The summed E-state index contributed by atoms with van der Waals surface area (Å²) in [4.78, 5) is 4.17. The first-order valence-corrected chi connectivity index (χ1v) is 9.07. The van der Waals surface area contributed by atoms with Crippen molar-refractivity contribution in [1.82, 2.24) is 9.55 Å². The van der Waals surface area contributed by atoms with Crippen molar-refractivity contribution in [2.75, 3.05) is 10.5 Å². The molecule has 0 fully saturated rings. The highest BCUT2D eigenvalue weighted by molar-refractivity contribution is 7.92. The number of aromatic nitrogens is 2. The summed E-state index contributed by atoms with van der Waals surface area (Å²) in [5.74, 6) is 0.0323. The third-order valence-corrected chi connectivity index (χ3v) is 5.20. The van der Waals surface area contributed by atoms with Crippen LogP contribution in [0.5, 0.6) is 0 Å². The molecule has 3 aromatic rings. The minimum atomic E-state index is -3.31. The number of hydrogen-bond acceptors (Lipinski definition) is 3. The SMILES string of the molecule is CCS(=O)(=O)Nc1cncc(-c2cc3ccc(C)cc3n2C)c1. The minimum Gasteiger partial charge on any atom is -0.344 e. The van der Waals surface area contributed by atoms with E-state index >= 15 is 0 Å². The summed E-state index contributed by atoms with van der Waals surface area (Å²) >= 11 is 0. The summed E-state index contributed by atoms with van der Waals surface area (Å²) in [5.41, 5.74) is 4.69. The van der Waals surface area contributed by atoms with Crippen LogP contribution in [0.25, 0.3) is 22.2 Å². The highest BCUT2D eigenvalue weighted by Gasteiger charge is 2.11. The van der Waals surface area contributed by atoms with Crippen LogP contribution in [0.2, 0.25) is 0 Å². The van der Waals surface area contributed by atoms with E-state index in [1.165, 1.54) is 11.8 Å². The molecule has 1 N–H and O–H groups in total. The average Bonchev–Trinajstić information content (AvgIpc) is 2.84. The van der Waals surface area contributed by atoms with E-state index in [-0.39, 0.29) is 5.75 Å². The van der Waals surface area contributed by atoms with Gasteiger partial charge in [0.2, 0.25) is 10.0 Å². The van der Waals surface area contributed by atoms with Crippen molar-refractivity contribution in [2.45, 2.75) is 13.8 Å². The van der Waals surface area contributed by atoms with Crippen LogP contribution in [0.1, 0.15) is 12.5 Å². The number of pyridine rings is 1. The average molecular weight is 329 g/mol. The molecule has 23 heavy (non-hydrogen) atoms. The van der Waals surface area contributed by atoms with Gasteiger partial charge in [0.05, 0.1) is 23.3 Å². The van der Waals surface area contributed by atoms with Crippen molar-refractivity contribution in [3.05, 3.63) is 48.3 Å². The van der Waals surface area contributed by atoms with Gasteiger partial charge in [0.1, 0.15) is 0 Å². The van der Waals surface area contributed by atoms with Gasteiger partial charge >= 0.3 is 0 Å². The standard InChI is InChI=1S/C17H19N3O2S/c1-4-23(21,22)19-15-8-14(10-18-11-15)17-9-13-6-5-12(2)7-16(13)20(17)3/h5-11,19H,4H2,1-3H3. The van der Waals surface area contributed by atoms with Crippen molar-refractivity contribution in [3.8, 4) is 11.3 Å². The maximum Gasteiger partial charge on any atom is 0.232 e. The number of anilines is 1. The van der Waals surface area contributed by atoms with Gasteiger partial charge in [0.15, 0.2) is 0 Å². The van der Waals surface area contributed by atoms with Gasteiger partial charge in [-0.2, -0.15) is 0 Å². The van der Waals surface area contributed by atoms with E-state index in [2.05, 4.69) is 45.5 Å². The maximum atomic E-state index is 11.7. The molecule has 2 aromatic heterocycles. The van der Waals surface area contributed by atoms with Crippen LogP contribution in [0.3, 0.4) is 0 Å². The van der Waals surface area contributed by atoms with E-state index in [1.54, 1.807) is 19.2 Å². The van der Waals surface area contributed by atoms with E-state index in [1.807, 2.05) is 7.05 Å². The number of nitrogens with one attached hydrogen (secondary N) is 1. The summed E-state index contributed by atoms with van der Waals surface area (Å²) in [5, 5.41) is 1.15. The van der Waals surface area contributed by atoms with Gasteiger partial charge in [0.25, 0.3) is 0 Å². The van der Waals surface area contributed by atoms with Crippen molar-refractivity contribution in [3.63, 3.8) is 0 Å². The van der Waals surface area contributed by atoms with E-state index in [4.69, 9.17) is 0 Å². The molecule has 0 aliphatic rings. The quantitative estimate of drug-likeness (QED) is 0.798. The maximum absolute atomic E-state index is 11.7. The van der Waals surface area contributed by atoms with Crippen molar-refractivity contribution in [1.29, 1.82) is 0 Å². The fourth-order valence-electron chi connectivity index (χ4n) is 2.60. The second kappa shape index (κ2) is 5.70. The molecule has 5 nitrogen and oxygen atoms in total. The zero-order valence-electron chi connectivity index (χ0n) is 13.4. The molecule has 0 atom stereocenters. The number of benzene rings is 1. The molecule has 120 valence electrons. The molecule has 0 aliphatic heterocycles. The van der Waals surface area contributed by atoms with Crippen molar-refractivity contribution < 1.29 is 8.42 Å². The molecule has 0 spiro atoms. The molecular weight excluding hydrogens is 310 g/mol. The van der Waals surface area contributed by atoms with Gasteiger partial charge < -0.3 is 4.57 Å². The van der Waals surface area contributed by atoms with Crippen molar-refractivity contribution in [2.24, 2.45) is 7.05 Å². The van der Waals surface area contributed by atoms with Crippen LogP contribution in [0.4, 0.5) is 5.69 Å². The molecule has 0 bridgehead atoms. The Bertz CT molecular complexity index is 975. The Balaban J connectivity index is 2.07. The molecule has 6 heteroatoms. The first-order chi connectivity index (χ1) is 10.9. The number of fused-ring (bicyclic) bond motifs is 1. The Labute approximate surface area is 136 Å². The molecule has 0 saturated carbocycles. The lowest BCUT2D eigenvalue weighted by molar-refractivity contribution is 0.602. The summed E-state index contributed by atoms with van der Waals surface area (Å²) in [6.07, 6.45) is 3.26. The van der Waals surface area contributed by atoms with Gasteiger partial charge in [0, 0.05) is 29.7 Å². The molecule has 0 saturated heterocycles. The third-order valence-electron chi connectivity index (χ3n) is 3.89. The number of aryl methyl sites for hydroxylation is 2. The monoisotopic (exact) mass is 329 g/mol. The van der Waals surface area contributed by atoms with Crippen LogP contribution in [-0.2, 0) is 17.1 Å². The van der Waals surface area contributed by atoms with Crippen molar-refractivity contribution >= 4 is 26.6 Å². The summed E-state index contributed by atoms with van der Waals surface area (Å²) in [6.45, 7) is 3.67. The molecule has 3 rings (SSSR count). The van der Waals surface area contributed by atoms with Crippen LogP contribution < -0.4 is 4.72 Å². The Hall–Kier alpha value is -2.34. The van der Waals surface area contributed by atoms with Crippen LogP contribution in [-0.4, -0.2) is 23.7 Å². The molecule has 2 heterocycles. The fraction of sp³-hybridized carbons (Fsp3) is 0.235. The molecule has 1 aromatic carbocycles. The third kappa shape index (κ3) is 3.07. The highest BCUT2D eigenvalue weighted by atomic mass is 32.2. The van der Waals surface area contributed by atoms with Gasteiger partial charge in [-0.15, -0.1) is 0 Å². The zero-order valence-corrected chi connectivity index (χ0v) is 14.2.